The minimum absolute atomic E-state index is 0.0536. The molecule has 0 fully saturated rings. The molecule has 0 spiro atoms. The van der Waals surface area contributed by atoms with Gasteiger partial charge in [-0.05, 0) is 36.1 Å². The Morgan fingerprint density at radius 2 is 1.78 bits per heavy atom. The fraction of sp³-hybridized carbons (Fsp3) is 0.389. The first-order valence-electron chi connectivity index (χ1n) is 7.67. The number of ketones is 1. The van der Waals surface area contributed by atoms with Gasteiger partial charge in [0, 0.05) is 6.42 Å². The summed E-state index contributed by atoms with van der Waals surface area (Å²) in [5, 5.41) is 3.39. The van der Waals surface area contributed by atoms with Gasteiger partial charge < -0.3 is 19.5 Å². The molecular weight excluding hydrogens is 294 g/mol. The Balaban J connectivity index is 1.95. The highest BCUT2D eigenvalue weighted by Gasteiger charge is 2.27. The topological polar surface area (TPSA) is 56.8 Å². The number of hydrogen-bond acceptors (Lipinski definition) is 5. The monoisotopic (exact) mass is 315 g/mol. The Morgan fingerprint density at radius 3 is 2.39 bits per heavy atom. The maximum absolute atomic E-state index is 12.1. The van der Waals surface area contributed by atoms with Gasteiger partial charge in [0.2, 0.25) is 5.75 Å². The molecular formula is C18H21NO4. The van der Waals surface area contributed by atoms with Crippen LogP contribution in [0.3, 0.4) is 0 Å². The van der Waals surface area contributed by atoms with Crippen molar-refractivity contribution in [1.82, 2.24) is 5.32 Å². The summed E-state index contributed by atoms with van der Waals surface area (Å²) < 4.78 is 16.2. The average Bonchev–Trinajstić information content (AvgIpc) is 2.60. The fourth-order valence-electron chi connectivity index (χ4n) is 3.15. The van der Waals surface area contributed by atoms with E-state index in [4.69, 9.17) is 14.2 Å². The lowest BCUT2D eigenvalue weighted by atomic mass is 9.89. The lowest BCUT2D eigenvalue weighted by Gasteiger charge is -2.30. The third-order valence-electron chi connectivity index (χ3n) is 4.33. The van der Waals surface area contributed by atoms with E-state index in [0.717, 1.165) is 29.7 Å². The summed E-state index contributed by atoms with van der Waals surface area (Å²) in [6.45, 7) is 0. The van der Waals surface area contributed by atoms with Gasteiger partial charge in [-0.15, -0.1) is 0 Å². The van der Waals surface area contributed by atoms with Gasteiger partial charge in [-0.1, -0.05) is 12.2 Å². The van der Waals surface area contributed by atoms with Crippen LogP contribution < -0.4 is 19.5 Å². The number of carbonyl (C=O) groups excluding carboxylic acids is 1. The molecule has 1 atom stereocenters. The molecule has 1 aliphatic carbocycles. The summed E-state index contributed by atoms with van der Waals surface area (Å²) in [6, 6.07) is 3.93. The Hall–Kier alpha value is -2.43. The molecule has 0 bridgehead atoms. The molecule has 0 amide bonds. The normalized spacial score (nSPS) is 20.0. The van der Waals surface area contributed by atoms with E-state index in [9.17, 15) is 4.79 Å². The molecule has 2 aliphatic rings. The molecule has 5 nitrogen and oxygen atoms in total. The molecule has 1 aromatic rings. The number of benzene rings is 1. The van der Waals surface area contributed by atoms with Crippen LogP contribution in [-0.4, -0.2) is 27.1 Å². The Morgan fingerprint density at radius 1 is 1.09 bits per heavy atom. The zero-order chi connectivity index (χ0) is 16.4. The molecule has 1 unspecified atom stereocenters. The third-order valence-corrected chi connectivity index (χ3v) is 4.33. The van der Waals surface area contributed by atoms with Crippen LogP contribution in [-0.2, 0) is 4.79 Å². The predicted molar refractivity (Wildman–Crippen MR) is 87.0 cm³/mol. The minimum atomic E-state index is 0.0536. The molecule has 0 radical (unpaired) electrons. The van der Waals surface area contributed by atoms with E-state index in [-0.39, 0.29) is 11.8 Å². The first-order valence-corrected chi connectivity index (χ1v) is 7.67. The van der Waals surface area contributed by atoms with Crippen LogP contribution in [0, 0.1) is 0 Å². The van der Waals surface area contributed by atoms with Crippen molar-refractivity contribution in [2.45, 2.75) is 25.3 Å². The quantitative estimate of drug-likeness (QED) is 0.926. The highest BCUT2D eigenvalue weighted by atomic mass is 16.5. The second kappa shape index (κ2) is 6.36. The number of carbonyl (C=O) groups is 1. The van der Waals surface area contributed by atoms with Crippen molar-refractivity contribution >= 4 is 5.78 Å². The molecule has 1 N–H and O–H groups in total. The lowest BCUT2D eigenvalue weighted by Crippen LogP contribution is -2.31. The summed E-state index contributed by atoms with van der Waals surface area (Å²) in [5.41, 5.74) is 2.87. The van der Waals surface area contributed by atoms with Crippen molar-refractivity contribution < 1.29 is 19.0 Å². The summed E-state index contributed by atoms with van der Waals surface area (Å²) in [5.74, 6) is 1.97. The van der Waals surface area contributed by atoms with Crippen LogP contribution in [0.2, 0.25) is 0 Å². The van der Waals surface area contributed by atoms with Crippen LogP contribution in [0.5, 0.6) is 17.2 Å². The predicted octanol–water partition coefficient (Wildman–Crippen LogP) is 2.92. The van der Waals surface area contributed by atoms with Crippen molar-refractivity contribution in [2.75, 3.05) is 21.3 Å². The van der Waals surface area contributed by atoms with Gasteiger partial charge in [0.25, 0.3) is 0 Å². The van der Waals surface area contributed by atoms with E-state index in [2.05, 4.69) is 11.4 Å². The number of allylic oxidation sites excluding steroid dienone is 4. The van der Waals surface area contributed by atoms with Crippen molar-refractivity contribution in [2.24, 2.45) is 0 Å². The molecule has 3 rings (SSSR count). The van der Waals surface area contributed by atoms with E-state index in [0.29, 0.717) is 23.7 Å². The Kier molecular flexibility index (Phi) is 4.28. The van der Waals surface area contributed by atoms with Crippen molar-refractivity contribution in [3.63, 3.8) is 0 Å². The smallest absolute Gasteiger partial charge is 0.203 e. The van der Waals surface area contributed by atoms with Gasteiger partial charge in [0.15, 0.2) is 17.3 Å². The molecule has 23 heavy (non-hydrogen) atoms. The first-order chi connectivity index (χ1) is 11.2. The van der Waals surface area contributed by atoms with Gasteiger partial charge in [-0.3, -0.25) is 4.79 Å². The molecule has 5 heteroatoms. The molecule has 1 heterocycles. The number of rotatable bonds is 4. The summed E-state index contributed by atoms with van der Waals surface area (Å²) >= 11 is 0. The van der Waals surface area contributed by atoms with E-state index >= 15 is 0 Å². The standard InChI is InChI=1S/C18H21NO4/c1-21-15-9-12(10-16(22-2)18(15)23-3)13-8-7-11-5-4-6-14(20)17(11)19-13/h4-5,9-10,13,19H,6-8H2,1-3H3. The molecule has 122 valence electrons. The van der Waals surface area contributed by atoms with Crippen molar-refractivity contribution in [3.8, 4) is 17.2 Å². The van der Waals surface area contributed by atoms with Crippen molar-refractivity contribution in [3.05, 3.63) is 41.1 Å². The third kappa shape index (κ3) is 2.79. The van der Waals surface area contributed by atoms with Gasteiger partial charge in [0.1, 0.15) is 0 Å². The molecule has 0 aromatic heterocycles. The highest BCUT2D eigenvalue weighted by Crippen LogP contribution is 2.41. The number of methoxy groups -OCH3 is 3. The number of Topliss-reactive ketones (excluding diaryl/α,β-unsaturated/α-hetero) is 1. The van der Waals surface area contributed by atoms with Gasteiger partial charge >= 0.3 is 0 Å². The second-order valence-corrected chi connectivity index (χ2v) is 5.62. The molecule has 1 aliphatic heterocycles. The zero-order valence-electron chi connectivity index (χ0n) is 13.6. The molecule has 1 aromatic carbocycles. The summed E-state index contributed by atoms with van der Waals surface area (Å²) in [6.07, 6.45) is 6.24. The van der Waals surface area contributed by atoms with Crippen LogP contribution in [0.25, 0.3) is 0 Å². The number of ether oxygens (including phenoxy) is 3. The zero-order valence-corrected chi connectivity index (χ0v) is 13.6. The van der Waals surface area contributed by atoms with Crippen molar-refractivity contribution in [1.29, 1.82) is 0 Å². The Bertz CT molecular complexity index is 665. The number of hydrogen-bond donors (Lipinski definition) is 1. The van der Waals surface area contributed by atoms with Crippen LogP contribution in [0.15, 0.2) is 35.6 Å². The average molecular weight is 315 g/mol. The van der Waals surface area contributed by atoms with E-state index in [1.54, 1.807) is 21.3 Å². The molecule has 0 saturated carbocycles. The first kappa shape index (κ1) is 15.5. The van der Waals surface area contributed by atoms with E-state index < -0.39 is 0 Å². The van der Waals surface area contributed by atoms with Crippen LogP contribution >= 0.6 is 0 Å². The van der Waals surface area contributed by atoms with Gasteiger partial charge in [0.05, 0.1) is 33.1 Å². The van der Waals surface area contributed by atoms with Gasteiger partial charge in [-0.2, -0.15) is 0 Å². The van der Waals surface area contributed by atoms with E-state index in [1.807, 2.05) is 18.2 Å². The van der Waals surface area contributed by atoms with Crippen LogP contribution in [0.1, 0.15) is 30.9 Å². The minimum Gasteiger partial charge on any atom is -0.493 e. The highest BCUT2D eigenvalue weighted by molar-refractivity contribution is 5.98. The molecule has 0 saturated heterocycles. The second-order valence-electron chi connectivity index (χ2n) is 5.62. The SMILES string of the molecule is COc1cc(C2CCC3=C(N2)C(=O)CC=C3)cc(OC)c1OC. The lowest BCUT2D eigenvalue weighted by molar-refractivity contribution is -0.115. The largest absolute Gasteiger partial charge is 0.493 e. The van der Waals surface area contributed by atoms with E-state index in [1.165, 1.54) is 0 Å². The summed E-state index contributed by atoms with van der Waals surface area (Å²) in [4.78, 5) is 12.1. The number of nitrogens with one attached hydrogen (secondary N) is 1. The van der Waals surface area contributed by atoms with Crippen LogP contribution in [0.4, 0.5) is 0 Å². The maximum atomic E-state index is 12.1. The summed E-state index contributed by atoms with van der Waals surface area (Å²) in [7, 11) is 4.79. The van der Waals surface area contributed by atoms with Gasteiger partial charge in [-0.25, -0.2) is 0 Å². The fourth-order valence-corrected chi connectivity index (χ4v) is 3.15. The maximum Gasteiger partial charge on any atom is 0.203 e. The Labute approximate surface area is 135 Å².